The number of amides is 3. The van der Waals surface area contributed by atoms with E-state index >= 15 is 0 Å². The van der Waals surface area contributed by atoms with Crippen molar-refractivity contribution < 1.29 is 22.8 Å². The fourth-order valence-electron chi connectivity index (χ4n) is 3.79. The minimum atomic E-state index is -3.85. The van der Waals surface area contributed by atoms with Crippen molar-refractivity contribution >= 4 is 44.8 Å². The summed E-state index contributed by atoms with van der Waals surface area (Å²) in [6.07, 6.45) is 3.83. The van der Waals surface area contributed by atoms with Crippen molar-refractivity contribution in [2.45, 2.75) is 48.4 Å². The van der Waals surface area contributed by atoms with Gasteiger partial charge in [0.25, 0.3) is 15.9 Å². The first kappa shape index (κ1) is 19.2. The number of anilines is 1. The number of benzene rings is 1. The third-order valence-corrected chi connectivity index (χ3v) is 8.51. The van der Waals surface area contributed by atoms with E-state index in [-0.39, 0.29) is 35.4 Å². The van der Waals surface area contributed by atoms with Crippen molar-refractivity contribution in [3.63, 3.8) is 0 Å². The number of nitrogens with one attached hydrogen (secondary N) is 2. The van der Waals surface area contributed by atoms with Gasteiger partial charge in [-0.15, -0.1) is 11.3 Å². The molecule has 1 saturated heterocycles. The molecule has 0 bridgehead atoms. The molecule has 3 heterocycles. The van der Waals surface area contributed by atoms with E-state index in [0.29, 0.717) is 22.7 Å². The number of hydrogen-bond donors (Lipinski definition) is 2. The van der Waals surface area contributed by atoms with Gasteiger partial charge < -0.3 is 4.90 Å². The average Bonchev–Trinajstić information content (AvgIpc) is 3.32. The summed E-state index contributed by atoms with van der Waals surface area (Å²) in [6, 6.07) is 4.06. The van der Waals surface area contributed by atoms with Gasteiger partial charge in [0, 0.05) is 30.0 Å². The molecule has 156 valence electrons. The van der Waals surface area contributed by atoms with Gasteiger partial charge in [0.2, 0.25) is 11.8 Å². The van der Waals surface area contributed by atoms with Gasteiger partial charge in [-0.1, -0.05) is 6.07 Å². The van der Waals surface area contributed by atoms with E-state index < -0.39 is 22.0 Å². The third-order valence-electron chi connectivity index (χ3n) is 5.52. The number of thiazole rings is 1. The molecule has 1 atom stereocenters. The minimum Gasteiger partial charge on any atom is -0.322 e. The number of imide groups is 1. The van der Waals surface area contributed by atoms with Crippen LogP contribution in [0.5, 0.6) is 0 Å². The first-order valence-corrected chi connectivity index (χ1v) is 11.9. The van der Waals surface area contributed by atoms with E-state index in [2.05, 4.69) is 15.0 Å². The van der Waals surface area contributed by atoms with Crippen LogP contribution in [0, 0.1) is 0 Å². The van der Waals surface area contributed by atoms with Crippen molar-refractivity contribution in [2.75, 3.05) is 4.72 Å². The average molecular weight is 447 g/mol. The number of sulfonamides is 1. The fourth-order valence-corrected chi connectivity index (χ4v) is 6.20. The van der Waals surface area contributed by atoms with Crippen LogP contribution in [0.2, 0.25) is 0 Å². The Labute approximate surface area is 176 Å². The molecule has 9 nitrogen and oxygen atoms in total. The van der Waals surface area contributed by atoms with Gasteiger partial charge in [0.15, 0.2) is 4.21 Å². The second-order valence-electron chi connectivity index (χ2n) is 7.63. The molecule has 0 spiro atoms. The van der Waals surface area contributed by atoms with E-state index in [9.17, 15) is 22.8 Å². The molecule has 2 aromatic rings. The highest BCUT2D eigenvalue weighted by Crippen LogP contribution is 2.42. The summed E-state index contributed by atoms with van der Waals surface area (Å²) in [6.45, 7) is 0.0924. The Kier molecular flexibility index (Phi) is 4.40. The molecule has 0 radical (unpaired) electrons. The summed E-state index contributed by atoms with van der Waals surface area (Å²) >= 11 is 1.16. The predicted molar refractivity (Wildman–Crippen MR) is 107 cm³/mol. The van der Waals surface area contributed by atoms with E-state index in [1.54, 1.807) is 18.2 Å². The van der Waals surface area contributed by atoms with Crippen LogP contribution in [-0.2, 0) is 26.2 Å². The molecule has 2 fully saturated rings. The maximum Gasteiger partial charge on any atom is 0.273 e. The van der Waals surface area contributed by atoms with Gasteiger partial charge >= 0.3 is 0 Å². The summed E-state index contributed by atoms with van der Waals surface area (Å²) in [7, 11) is -3.85. The Hall–Kier alpha value is -2.79. The lowest BCUT2D eigenvalue weighted by Crippen LogP contribution is -2.52. The number of aromatic nitrogens is 1. The topological polar surface area (TPSA) is 126 Å². The van der Waals surface area contributed by atoms with Gasteiger partial charge in [0.1, 0.15) is 6.04 Å². The second-order valence-corrected chi connectivity index (χ2v) is 10.6. The lowest BCUT2D eigenvalue weighted by molar-refractivity contribution is -0.136. The summed E-state index contributed by atoms with van der Waals surface area (Å²) in [5.41, 5.74) is 1.17. The predicted octanol–water partition coefficient (Wildman–Crippen LogP) is 1.58. The van der Waals surface area contributed by atoms with Crippen LogP contribution in [0.3, 0.4) is 0 Å². The molecule has 1 unspecified atom stereocenters. The maximum absolute atomic E-state index is 12.9. The second kappa shape index (κ2) is 6.88. The van der Waals surface area contributed by atoms with Crippen LogP contribution in [0.4, 0.5) is 5.69 Å². The number of carbonyl (C=O) groups is 3. The molecule has 1 saturated carbocycles. The number of hydrogen-bond acceptors (Lipinski definition) is 7. The van der Waals surface area contributed by atoms with Crippen LogP contribution in [0.25, 0.3) is 0 Å². The molecule has 30 heavy (non-hydrogen) atoms. The summed E-state index contributed by atoms with van der Waals surface area (Å²) in [4.78, 5) is 42.1. The Morgan fingerprint density at radius 1 is 1.17 bits per heavy atom. The lowest BCUT2D eigenvalue weighted by atomic mass is 10.0. The smallest absolute Gasteiger partial charge is 0.273 e. The van der Waals surface area contributed by atoms with E-state index in [0.717, 1.165) is 29.2 Å². The van der Waals surface area contributed by atoms with Crippen molar-refractivity contribution in [3.05, 3.63) is 40.5 Å². The van der Waals surface area contributed by atoms with E-state index in [4.69, 9.17) is 0 Å². The highest BCUT2D eigenvalue weighted by atomic mass is 32.2. The van der Waals surface area contributed by atoms with E-state index in [1.807, 2.05) is 0 Å². The number of piperidine rings is 1. The Balaban J connectivity index is 1.41. The molecule has 1 aromatic heterocycles. The summed E-state index contributed by atoms with van der Waals surface area (Å²) < 4.78 is 28.5. The first-order valence-electron chi connectivity index (χ1n) is 9.58. The zero-order chi connectivity index (χ0) is 21.0. The zero-order valence-corrected chi connectivity index (χ0v) is 17.4. The molecule has 11 heteroatoms. The molecule has 2 N–H and O–H groups in total. The molecule has 1 aromatic carbocycles. The van der Waals surface area contributed by atoms with Gasteiger partial charge in [-0.25, -0.2) is 13.4 Å². The Morgan fingerprint density at radius 3 is 2.70 bits per heavy atom. The lowest BCUT2D eigenvalue weighted by Gasteiger charge is -2.29. The van der Waals surface area contributed by atoms with Gasteiger partial charge in [0.05, 0.1) is 16.9 Å². The largest absolute Gasteiger partial charge is 0.322 e. The Bertz CT molecular complexity index is 1190. The zero-order valence-electron chi connectivity index (χ0n) is 15.8. The number of rotatable bonds is 5. The summed E-state index contributed by atoms with van der Waals surface area (Å²) in [5, 5.41) is 3.08. The van der Waals surface area contributed by atoms with E-state index in [1.165, 1.54) is 11.1 Å². The summed E-state index contributed by atoms with van der Waals surface area (Å²) in [5.74, 6) is -0.857. The monoisotopic (exact) mass is 446 g/mol. The molecule has 5 rings (SSSR count). The first-order chi connectivity index (χ1) is 14.3. The van der Waals surface area contributed by atoms with Gasteiger partial charge in [-0.3, -0.25) is 24.4 Å². The molecule has 3 amide bonds. The van der Waals surface area contributed by atoms with Crippen LogP contribution < -0.4 is 10.0 Å². The number of carbonyl (C=O) groups excluding carboxylic acids is 3. The van der Waals surface area contributed by atoms with Crippen molar-refractivity contribution in [3.8, 4) is 0 Å². The normalized spacial score (nSPS) is 21.5. The number of fused-ring (bicyclic) bond motifs is 1. The minimum absolute atomic E-state index is 0.0924. The SMILES string of the molecule is O=C1CCC(N2Cc3c(NS(=O)(=O)c4cnc(C5CC5)s4)cccc3C2=O)C(=O)N1. The van der Waals surface area contributed by atoms with Crippen LogP contribution in [0.1, 0.15) is 52.5 Å². The molecule has 3 aliphatic rings. The van der Waals surface area contributed by atoms with Crippen LogP contribution in [0.15, 0.2) is 28.6 Å². The highest BCUT2D eigenvalue weighted by molar-refractivity contribution is 7.94. The fraction of sp³-hybridized carbons (Fsp3) is 0.368. The van der Waals surface area contributed by atoms with Crippen LogP contribution >= 0.6 is 11.3 Å². The van der Waals surface area contributed by atoms with Crippen molar-refractivity contribution in [1.29, 1.82) is 0 Å². The van der Waals surface area contributed by atoms with Gasteiger partial charge in [-0.2, -0.15) is 0 Å². The molecular weight excluding hydrogens is 428 g/mol. The van der Waals surface area contributed by atoms with Crippen LogP contribution in [-0.4, -0.2) is 42.1 Å². The molecule has 1 aliphatic carbocycles. The Morgan fingerprint density at radius 2 is 1.97 bits per heavy atom. The quantitative estimate of drug-likeness (QED) is 0.672. The molecular formula is C19H18N4O5S2. The van der Waals surface area contributed by atoms with Crippen molar-refractivity contribution in [1.82, 2.24) is 15.2 Å². The standard InChI is InChI=1S/C19H18N4O5S2/c24-15-7-6-14(17(25)21-15)23-9-12-11(19(23)26)2-1-3-13(12)22-30(27,28)16-8-20-18(29-16)10-4-5-10/h1-3,8,10,14,22H,4-7,9H2,(H,21,24,25). The van der Waals surface area contributed by atoms with Crippen molar-refractivity contribution in [2.24, 2.45) is 0 Å². The molecule has 2 aliphatic heterocycles. The maximum atomic E-state index is 12.9. The highest BCUT2D eigenvalue weighted by Gasteiger charge is 2.40. The van der Waals surface area contributed by atoms with Gasteiger partial charge in [-0.05, 0) is 31.4 Å². The third kappa shape index (κ3) is 3.27. The number of nitrogens with zero attached hydrogens (tertiary/aromatic N) is 2.